The van der Waals surface area contributed by atoms with Gasteiger partial charge in [-0.3, -0.25) is 19.7 Å². The van der Waals surface area contributed by atoms with Gasteiger partial charge in [-0.15, -0.1) is 0 Å². The molecule has 9 heteroatoms. The summed E-state index contributed by atoms with van der Waals surface area (Å²) in [4.78, 5) is 38.9. The van der Waals surface area contributed by atoms with E-state index in [0.717, 1.165) is 11.3 Å². The van der Waals surface area contributed by atoms with E-state index in [1.54, 1.807) is 41.2 Å². The number of rotatable bonds is 4. The molecule has 0 unspecified atom stereocenters. The van der Waals surface area contributed by atoms with Crippen molar-refractivity contribution in [1.82, 2.24) is 9.80 Å². The Bertz CT molecular complexity index is 842. The Morgan fingerprint density at radius 2 is 1.73 bits per heavy atom. The maximum atomic E-state index is 12.6. The summed E-state index contributed by atoms with van der Waals surface area (Å²) < 4.78 is 5.14. The van der Waals surface area contributed by atoms with Crippen molar-refractivity contribution in [2.75, 3.05) is 33.3 Å². The van der Waals surface area contributed by atoms with Crippen LogP contribution in [0, 0.1) is 10.1 Å². The zero-order chi connectivity index (χ0) is 18.7. The molecule has 0 N–H and O–H groups in total. The highest BCUT2D eigenvalue weighted by Crippen LogP contribution is 2.25. The first-order valence-corrected chi connectivity index (χ1v) is 8.78. The molecule has 1 saturated heterocycles. The van der Waals surface area contributed by atoms with E-state index in [1.165, 1.54) is 12.1 Å². The molecule has 1 aliphatic rings. The fraction of sp³-hybridized carbons (Fsp3) is 0.294. The number of amides is 2. The lowest BCUT2D eigenvalue weighted by Gasteiger charge is -2.34. The number of nitro groups is 1. The van der Waals surface area contributed by atoms with Crippen molar-refractivity contribution >= 4 is 28.2 Å². The van der Waals surface area contributed by atoms with E-state index >= 15 is 0 Å². The summed E-state index contributed by atoms with van der Waals surface area (Å²) in [6, 6.07) is 9.75. The molecule has 0 aliphatic carbocycles. The van der Waals surface area contributed by atoms with E-state index in [0.29, 0.717) is 42.4 Å². The van der Waals surface area contributed by atoms with Crippen molar-refractivity contribution in [3.63, 3.8) is 0 Å². The summed E-state index contributed by atoms with van der Waals surface area (Å²) >= 11 is 0.866. The van der Waals surface area contributed by atoms with E-state index in [-0.39, 0.29) is 16.8 Å². The van der Waals surface area contributed by atoms with Gasteiger partial charge in [0.2, 0.25) is 0 Å². The number of ether oxygens (including phenoxy) is 1. The highest BCUT2D eigenvalue weighted by Gasteiger charge is 2.27. The van der Waals surface area contributed by atoms with Crippen LogP contribution in [0.5, 0.6) is 5.75 Å². The van der Waals surface area contributed by atoms with Gasteiger partial charge in [0.25, 0.3) is 11.8 Å². The molecule has 2 amide bonds. The average Bonchev–Trinajstić information content (AvgIpc) is 3.17. The molecule has 2 heterocycles. The monoisotopic (exact) mass is 375 g/mol. The van der Waals surface area contributed by atoms with E-state index in [4.69, 9.17) is 4.74 Å². The number of methoxy groups -OCH3 is 1. The molecule has 0 spiro atoms. The maximum Gasteiger partial charge on any atom is 0.324 e. The summed E-state index contributed by atoms with van der Waals surface area (Å²) in [7, 11) is 1.54. The third-order valence-electron chi connectivity index (χ3n) is 4.15. The van der Waals surface area contributed by atoms with Gasteiger partial charge < -0.3 is 14.5 Å². The first-order valence-electron chi connectivity index (χ1n) is 7.96. The van der Waals surface area contributed by atoms with Gasteiger partial charge in [-0.05, 0) is 24.3 Å². The van der Waals surface area contributed by atoms with Crippen LogP contribution in [0.2, 0.25) is 0 Å². The average molecular weight is 375 g/mol. The lowest BCUT2D eigenvalue weighted by molar-refractivity contribution is -0.380. The summed E-state index contributed by atoms with van der Waals surface area (Å²) in [5.74, 6) is 0.267. The van der Waals surface area contributed by atoms with Crippen molar-refractivity contribution in [2.45, 2.75) is 0 Å². The Morgan fingerprint density at radius 1 is 1.08 bits per heavy atom. The number of thiophene rings is 1. The van der Waals surface area contributed by atoms with Crippen LogP contribution in [0.3, 0.4) is 0 Å². The number of hydrogen-bond donors (Lipinski definition) is 0. The van der Waals surface area contributed by atoms with Gasteiger partial charge in [0.1, 0.15) is 5.75 Å². The van der Waals surface area contributed by atoms with Crippen molar-refractivity contribution in [3.05, 3.63) is 57.0 Å². The Balaban J connectivity index is 1.62. The predicted octanol–water partition coefficient (Wildman–Crippen LogP) is 2.26. The second kappa shape index (κ2) is 7.52. The van der Waals surface area contributed by atoms with Crippen LogP contribution in [0.25, 0.3) is 0 Å². The second-order valence-electron chi connectivity index (χ2n) is 5.71. The SMILES string of the molecule is COc1cccc(C(=O)N2CCN(C(=O)c3ccc([N+](=O)[O-])s3)CC2)c1. The Hall–Kier alpha value is -2.94. The molecule has 1 aliphatic heterocycles. The molecule has 1 aromatic carbocycles. The van der Waals surface area contributed by atoms with Crippen LogP contribution in [-0.4, -0.2) is 59.8 Å². The van der Waals surface area contributed by atoms with Crippen molar-refractivity contribution in [1.29, 1.82) is 0 Å². The van der Waals surface area contributed by atoms with Gasteiger partial charge in [0.05, 0.1) is 16.9 Å². The third-order valence-corrected chi connectivity index (χ3v) is 5.18. The van der Waals surface area contributed by atoms with Gasteiger partial charge in [0, 0.05) is 37.8 Å². The zero-order valence-electron chi connectivity index (χ0n) is 14.1. The number of nitrogens with zero attached hydrogens (tertiary/aromatic N) is 3. The molecular formula is C17H17N3O5S. The molecule has 3 rings (SSSR count). The molecular weight excluding hydrogens is 358 g/mol. The molecule has 2 aromatic rings. The number of carbonyl (C=O) groups is 2. The molecule has 26 heavy (non-hydrogen) atoms. The number of carbonyl (C=O) groups excluding carboxylic acids is 2. The van der Waals surface area contributed by atoms with E-state index < -0.39 is 4.92 Å². The molecule has 1 fully saturated rings. The van der Waals surface area contributed by atoms with Gasteiger partial charge >= 0.3 is 5.00 Å². The highest BCUT2D eigenvalue weighted by molar-refractivity contribution is 7.17. The number of benzene rings is 1. The van der Waals surface area contributed by atoms with Crippen LogP contribution in [0.1, 0.15) is 20.0 Å². The van der Waals surface area contributed by atoms with Crippen molar-refractivity contribution in [2.24, 2.45) is 0 Å². The predicted molar refractivity (Wildman–Crippen MR) is 95.8 cm³/mol. The summed E-state index contributed by atoms with van der Waals surface area (Å²) in [6.45, 7) is 1.60. The zero-order valence-corrected chi connectivity index (χ0v) is 14.9. The van der Waals surface area contributed by atoms with Gasteiger partial charge in [0.15, 0.2) is 0 Å². The topological polar surface area (TPSA) is 93.0 Å². The fourth-order valence-electron chi connectivity index (χ4n) is 2.75. The molecule has 0 saturated carbocycles. The standard InChI is InChI=1S/C17H17N3O5S/c1-25-13-4-2-3-12(11-13)16(21)18-7-9-19(10-8-18)17(22)14-5-6-15(26-14)20(23)24/h2-6,11H,7-10H2,1H3. The Morgan fingerprint density at radius 3 is 2.31 bits per heavy atom. The molecule has 0 radical (unpaired) electrons. The minimum Gasteiger partial charge on any atom is -0.497 e. The lowest BCUT2D eigenvalue weighted by atomic mass is 10.1. The van der Waals surface area contributed by atoms with Crippen LogP contribution < -0.4 is 4.74 Å². The summed E-state index contributed by atoms with van der Waals surface area (Å²) in [5, 5.41) is 10.7. The van der Waals surface area contributed by atoms with Crippen molar-refractivity contribution in [3.8, 4) is 5.75 Å². The first-order chi connectivity index (χ1) is 12.5. The second-order valence-corrected chi connectivity index (χ2v) is 6.77. The molecule has 0 bridgehead atoms. The van der Waals surface area contributed by atoms with Crippen LogP contribution in [0.4, 0.5) is 5.00 Å². The molecule has 0 atom stereocenters. The van der Waals surface area contributed by atoms with Crippen molar-refractivity contribution < 1.29 is 19.2 Å². The van der Waals surface area contributed by atoms with E-state index in [2.05, 4.69) is 0 Å². The van der Waals surface area contributed by atoms with Gasteiger partial charge in [-0.1, -0.05) is 17.4 Å². The molecule has 8 nitrogen and oxygen atoms in total. The molecule has 136 valence electrons. The summed E-state index contributed by atoms with van der Waals surface area (Å²) in [6.07, 6.45) is 0. The Labute approximate surface area is 153 Å². The Kier molecular flexibility index (Phi) is 5.17. The minimum absolute atomic E-state index is 0.0554. The van der Waals surface area contributed by atoms with Gasteiger partial charge in [-0.25, -0.2) is 0 Å². The smallest absolute Gasteiger partial charge is 0.324 e. The first kappa shape index (κ1) is 17.9. The van der Waals surface area contributed by atoms with Gasteiger partial charge in [-0.2, -0.15) is 0 Å². The third kappa shape index (κ3) is 3.67. The van der Waals surface area contributed by atoms with Crippen LogP contribution >= 0.6 is 11.3 Å². The normalized spacial score (nSPS) is 14.2. The quantitative estimate of drug-likeness (QED) is 0.604. The highest BCUT2D eigenvalue weighted by atomic mass is 32.1. The van der Waals surface area contributed by atoms with E-state index in [1.807, 2.05) is 0 Å². The maximum absolute atomic E-state index is 12.6. The molecule has 1 aromatic heterocycles. The largest absolute Gasteiger partial charge is 0.497 e. The number of hydrogen-bond acceptors (Lipinski definition) is 6. The van der Waals surface area contributed by atoms with Crippen LogP contribution in [-0.2, 0) is 0 Å². The lowest BCUT2D eigenvalue weighted by Crippen LogP contribution is -2.50. The van der Waals surface area contributed by atoms with Crippen LogP contribution in [0.15, 0.2) is 36.4 Å². The fourth-order valence-corrected chi connectivity index (χ4v) is 3.54. The number of piperazine rings is 1. The minimum atomic E-state index is -0.508. The summed E-state index contributed by atoms with van der Waals surface area (Å²) in [5.41, 5.74) is 0.540. The van der Waals surface area contributed by atoms with E-state index in [9.17, 15) is 19.7 Å².